The number of carboxylic acids is 1. The van der Waals surface area contributed by atoms with Gasteiger partial charge in [0.15, 0.2) is 0 Å². The molecule has 5 heteroatoms. The standard InChI is InChI=1S/C10H17NO4/c1-3-9(2)6-10(8(13)14,11-7-12)4-5-15-9/h7H,3-6H2,1-2H3,(H,11,12)(H,13,14). The molecule has 0 aromatic rings. The van der Waals surface area contributed by atoms with E-state index in [4.69, 9.17) is 4.74 Å². The van der Waals surface area contributed by atoms with Gasteiger partial charge in [-0.3, -0.25) is 4.79 Å². The van der Waals surface area contributed by atoms with Gasteiger partial charge in [0, 0.05) is 12.8 Å². The second-order valence-corrected chi connectivity index (χ2v) is 4.23. The highest BCUT2D eigenvalue weighted by molar-refractivity contribution is 5.81. The van der Waals surface area contributed by atoms with Gasteiger partial charge in [-0.1, -0.05) is 6.92 Å². The largest absolute Gasteiger partial charge is 0.480 e. The van der Waals surface area contributed by atoms with E-state index in [0.29, 0.717) is 25.9 Å². The van der Waals surface area contributed by atoms with Crippen LogP contribution >= 0.6 is 0 Å². The van der Waals surface area contributed by atoms with E-state index in [2.05, 4.69) is 5.32 Å². The Bertz CT molecular complexity index is 268. The fourth-order valence-corrected chi connectivity index (χ4v) is 1.96. The van der Waals surface area contributed by atoms with E-state index in [1.807, 2.05) is 13.8 Å². The van der Waals surface area contributed by atoms with Gasteiger partial charge in [0.05, 0.1) is 12.2 Å². The van der Waals surface area contributed by atoms with E-state index in [1.54, 1.807) is 0 Å². The van der Waals surface area contributed by atoms with Crippen molar-refractivity contribution in [1.29, 1.82) is 0 Å². The lowest BCUT2D eigenvalue weighted by atomic mass is 9.79. The van der Waals surface area contributed by atoms with Crippen molar-refractivity contribution in [2.24, 2.45) is 0 Å². The minimum Gasteiger partial charge on any atom is -0.480 e. The minimum atomic E-state index is -1.16. The van der Waals surface area contributed by atoms with E-state index < -0.39 is 17.1 Å². The van der Waals surface area contributed by atoms with Gasteiger partial charge in [0.25, 0.3) is 0 Å². The van der Waals surface area contributed by atoms with Crippen LogP contribution in [0.1, 0.15) is 33.1 Å². The Balaban J connectivity index is 2.89. The maximum atomic E-state index is 11.2. The van der Waals surface area contributed by atoms with Crippen LogP contribution in [0.15, 0.2) is 0 Å². The quantitative estimate of drug-likeness (QED) is 0.671. The Morgan fingerprint density at radius 2 is 2.33 bits per heavy atom. The van der Waals surface area contributed by atoms with Gasteiger partial charge in [-0.05, 0) is 13.3 Å². The molecule has 5 nitrogen and oxygen atoms in total. The summed E-state index contributed by atoms with van der Waals surface area (Å²) in [6.07, 6.45) is 1.80. The molecule has 2 atom stereocenters. The number of carbonyl (C=O) groups excluding carboxylic acids is 1. The Kier molecular flexibility index (Phi) is 3.34. The average Bonchev–Trinajstić information content (AvgIpc) is 2.18. The Hall–Kier alpha value is -1.10. The molecule has 0 aromatic heterocycles. The van der Waals surface area contributed by atoms with Crippen molar-refractivity contribution in [1.82, 2.24) is 5.32 Å². The molecule has 1 heterocycles. The van der Waals surface area contributed by atoms with E-state index in [9.17, 15) is 14.7 Å². The third kappa shape index (κ3) is 2.28. The zero-order chi connectivity index (χ0) is 11.5. The van der Waals surface area contributed by atoms with Crippen molar-refractivity contribution in [2.75, 3.05) is 6.61 Å². The SMILES string of the molecule is CCC1(C)CC(NC=O)(C(=O)O)CCO1. The van der Waals surface area contributed by atoms with E-state index in [-0.39, 0.29) is 0 Å². The summed E-state index contributed by atoms with van der Waals surface area (Å²) in [5.41, 5.74) is -1.63. The van der Waals surface area contributed by atoms with Crippen LogP contribution in [0.25, 0.3) is 0 Å². The molecule has 1 fully saturated rings. The van der Waals surface area contributed by atoms with E-state index in [1.165, 1.54) is 0 Å². The van der Waals surface area contributed by atoms with Crippen molar-refractivity contribution in [2.45, 2.75) is 44.2 Å². The molecular formula is C10H17NO4. The highest BCUT2D eigenvalue weighted by Crippen LogP contribution is 2.34. The summed E-state index contributed by atoms with van der Waals surface area (Å²) >= 11 is 0. The van der Waals surface area contributed by atoms with Crippen LogP contribution in [0.5, 0.6) is 0 Å². The molecule has 1 saturated heterocycles. The first kappa shape index (κ1) is 12.0. The van der Waals surface area contributed by atoms with Gasteiger partial charge in [-0.25, -0.2) is 4.79 Å². The van der Waals surface area contributed by atoms with Gasteiger partial charge >= 0.3 is 5.97 Å². The molecule has 1 amide bonds. The van der Waals surface area contributed by atoms with Crippen LogP contribution < -0.4 is 5.32 Å². The van der Waals surface area contributed by atoms with Crippen LogP contribution in [0.2, 0.25) is 0 Å². The van der Waals surface area contributed by atoms with Gasteiger partial charge in [0.1, 0.15) is 5.54 Å². The first-order valence-electron chi connectivity index (χ1n) is 5.07. The number of nitrogens with one attached hydrogen (secondary N) is 1. The number of ether oxygens (including phenoxy) is 1. The van der Waals surface area contributed by atoms with Crippen LogP contribution in [0.3, 0.4) is 0 Å². The fourth-order valence-electron chi connectivity index (χ4n) is 1.96. The van der Waals surface area contributed by atoms with Gasteiger partial charge in [0.2, 0.25) is 6.41 Å². The number of amides is 1. The predicted octanol–water partition coefficient (Wildman–Crippen LogP) is 0.535. The second kappa shape index (κ2) is 4.18. The van der Waals surface area contributed by atoms with Crippen molar-refractivity contribution >= 4 is 12.4 Å². The van der Waals surface area contributed by atoms with Crippen LogP contribution in [-0.2, 0) is 14.3 Å². The summed E-state index contributed by atoms with van der Waals surface area (Å²) in [4.78, 5) is 21.7. The summed E-state index contributed by atoms with van der Waals surface area (Å²) in [6.45, 7) is 4.17. The average molecular weight is 215 g/mol. The lowest BCUT2D eigenvalue weighted by Crippen LogP contribution is -2.59. The lowest BCUT2D eigenvalue weighted by Gasteiger charge is -2.43. The summed E-state index contributed by atoms with van der Waals surface area (Å²) < 4.78 is 5.55. The molecule has 2 unspecified atom stereocenters. The zero-order valence-corrected chi connectivity index (χ0v) is 9.08. The van der Waals surface area contributed by atoms with Crippen molar-refractivity contribution in [3.05, 3.63) is 0 Å². The van der Waals surface area contributed by atoms with Crippen LogP contribution in [-0.4, -0.2) is 35.2 Å². The number of aliphatic carboxylic acids is 1. The molecule has 0 spiro atoms. The summed E-state index contributed by atoms with van der Waals surface area (Å²) in [5.74, 6) is -0.988. The van der Waals surface area contributed by atoms with Gasteiger partial charge in [-0.2, -0.15) is 0 Å². The third-order valence-electron chi connectivity index (χ3n) is 3.15. The number of carbonyl (C=O) groups is 2. The zero-order valence-electron chi connectivity index (χ0n) is 9.08. The van der Waals surface area contributed by atoms with E-state index in [0.717, 1.165) is 6.42 Å². The number of hydrogen-bond acceptors (Lipinski definition) is 3. The molecule has 1 aliphatic heterocycles. The Labute approximate surface area is 88.8 Å². The second-order valence-electron chi connectivity index (χ2n) is 4.23. The molecule has 0 saturated carbocycles. The summed E-state index contributed by atoms with van der Waals surface area (Å²) in [6, 6.07) is 0. The maximum absolute atomic E-state index is 11.2. The fraction of sp³-hybridized carbons (Fsp3) is 0.800. The molecule has 0 aliphatic carbocycles. The van der Waals surface area contributed by atoms with Gasteiger partial charge < -0.3 is 15.2 Å². The maximum Gasteiger partial charge on any atom is 0.329 e. The molecular weight excluding hydrogens is 198 g/mol. The lowest BCUT2D eigenvalue weighted by molar-refractivity contribution is -0.161. The monoisotopic (exact) mass is 215 g/mol. The van der Waals surface area contributed by atoms with Crippen molar-refractivity contribution in [3.63, 3.8) is 0 Å². The Morgan fingerprint density at radius 1 is 1.67 bits per heavy atom. The number of rotatable bonds is 4. The molecule has 1 aliphatic rings. The minimum absolute atomic E-state index is 0.310. The topological polar surface area (TPSA) is 75.6 Å². The molecule has 2 N–H and O–H groups in total. The van der Waals surface area contributed by atoms with Crippen molar-refractivity contribution < 1.29 is 19.4 Å². The number of carboxylic acid groups (broad SMARTS) is 1. The molecule has 1 rings (SSSR count). The molecule has 15 heavy (non-hydrogen) atoms. The molecule has 0 bridgehead atoms. The first-order valence-corrected chi connectivity index (χ1v) is 5.07. The Morgan fingerprint density at radius 3 is 2.80 bits per heavy atom. The molecule has 86 valence electrons. The van der Waals surface area contributed by atoms with Crippen LogP contribution in [0.4, 0.5) is 0 Å². The third-order valence-corrected chi connectivity index (χ3v) is 3.15. The van der Waals surface area contributed by atoms with Gasteiger partial charge in [-0.15, -0.1) is 0 Å². The molecule has 0 radical (unpaired) electrons. The van der Waals surface area contributed by atoms with Crippen molar-refractivity contribution in [3.8, 4) is 0 Å². The van der Waals surface area contributed by atoms with Crippen LogP contribution in [0, 0.1) is 0 Å². The number of hydrogen-bond donors (Lipinski definition) is 2. The highest BCUT2D eigenvalue weighted by Gasteiger charge is 2.47. The summed E-state index contributed by atoms with van der Waals surface area (Å²) in [5, 5.41) is 11.6. The smallest absolute Gasteiger partial charge is 0.329 e. The molecule has 0 aromatic carbocycles. The highest BCUT2D eigenvalue weighted by atomic mass is 16.5. The first-order chi connectivity index (χ1) is 6.98. The predicted molar refractivity (Wildman–Crippen MR) is 53.4 cm³/mol. The van der Waals surface area contributed by atoms with E-state index >= 15 is 0 Å². The summed E-state index contributed by atoms with van der Waals surface area (Å²) in [7, 11) is 0. The normalized spacial score (nSPS) is 35.9.